The quantitative estimate of drug-likeness (QED) is 0.258. The third-order valence-electron chi connectivity index (χ3n) is 5.90. The fraction of sp³-hybridized carbons (Fsp3) is 0.310. The first-order chi connectivity index (χ1) is 18.7. The number of carbonyl (C=O) groups is 2. The Morgan fingerprint density at radius 1 is 0.923 bits per heavy atom. The van der Waals surface area contributed by atoms with Gasteiger partial charge in [0, 0.05) is 31.1 Å². The van der Waals surface area contributed by atoms with E-state index in [-0.39, 0.29) is 35.7 Å². The molecule has 0 unspecified atom stereocenters. The van der Waals surface area contributed by atoms with Gasteiger partial charge in [-0.05, 0) is 43.2 Å². The van der Waals surface area contributed by atoms with Crippen molar-refractivity contribution in [3.8, 4) is 17.2 Å². The Kier molecular flexibility index (Phi) is 10.3. The Bertz CT molecular complexity index is 1280. The minimum Gasteiger partial charge on any atom is -0.497 e. The normalized spacial score (nSPS) is 11.4. The Labute approximate surface area is 227 Å². The van der Waals surface area contributed by atoms with E-state index in [2.05, 4.69) is 5.32 Å². The lowest BCUT2D eigenvalue weighted by molar-refractivity contribution is -0.385. The number of ether oxygens (including phenoxy) is 3. The van der Waals surface area contributed by atoms with Crippen LogP contribution in [0.2, 0.25) is 0 Å². The van der Waals surface area contributed by atoms with Gasteiger partial charge in [-0.1, -0.05) is 42.5 Å². The van der Waals surface area contributed by atoms with Gasteiger partial charge in [0.15, 0.2) is 6.61 Å². The van der Waals surface area contributed by atoms with E-state index in [1.54, 1.807) is 13.2 Å². The smallest absolute Gasteiger partial charge is 0.311 e. The van der Waals surface area contributed by atoms with Crippen LogP contribution in [0.15, 0.2) is 72.8 Å². The molecule has 10 heteroatoms. The monoisotopic (exact) mass is 535 g/mol. The Morgan fingerprint density at radius 2 is 1.64 bits per heavy atom. The molecule has 0 aliphatic rings. The summed E-state index contributed by atoms with van der Waals surface area (Å²) in [6, 6.07) is 19.8. The lowest BCUT2D eigenvalue weighted by Gasteiger charge is -2.32. The summed E-state index contributed by atoms with van der Waals surface area (Å²) in [5.74, 6) is 0.132. The molecule has 39 heavy (non-hydrogen) atoms. The lowest BCUT2D eigenvalue weighted by Crippen LogP contribution is -2.52. The summed E-state index contributed by atoms with van der Waals surface area (Å²) in [4.78, 5) is 39.2. The third-order valence-corrected chi connectivity index (χ3v) is 5.90. The van der Waals surface area contributed by atoms with Crippen LogP contribution in [0, 0.1) is 10.1 Å². The molecule has 0 spiro atoms. The van der Waals surface area contributed by atoms with Crippen molar-refractivity contribution in [3.63, 3.8) is 0 Å². The van der Waals surface area contributed by atoms with Gasteiger partial charge in [0.05, 0.1) is 19.1 Å². The fourth-order valence-corrected chi connectivity index (χ4v) is 4.03. The minimum absolute atomic E-state index is 0.0106. The highest BCUT2D eigenvalue weighted by Crippen LogP contribution is 2.31. The second-order valence-electron chi connectivity index (χ2n) is 9.12. The summed E-state index contributed by atoms with van der Waals surface area (Å²) >= 11 is 0. The van der Waals surface area contributed by atoms with Gasteiger partial charge in [-0.15, -0.1) is 0 Å². The number of nitro benzene ring substituents is 1. The van der Waals surface area contributed by atoms with Gasteiger partial charge in [-0.25, -0.2) is 0 Å². The maximum absolute atomic E-state index is 13.7. The molecule has 3 aromatic carbocycles. The predicted octanol–water partition coefficient (Wildman–Crippen LogP) is 4.16. The number of nitro groups is 1. The maximum atomic E-state index is 13.7. The van der Waals surface area contributed by atoms with Crippen molar-refractivity contribution in [1.29, 1.82) is 0 Å². The second-order valence-corrected chi connectivity index (χ2v) is 9.12. The third kappa shape index (κ3) is 8.19. The van der Waals surface area contributed by atoms with Crippen molar-refractivity contribution in [1.82, 2.24) is 10.2 Å². The predicted molar refractivity (Wildman–Crippen MR) is 146 cm³/mol. The SMILES string of the molecule is COc1cccc(CN(C(=O)COc2ccc([N+](=O)[O-])c(OC)c2)[C@@H](Cc2ccccc2)C(=O)NC(C)C)c1. The van der Waals surface area contributed by atoms with E-state index in [0.29, 0.717) is 12.2 Å². The first-order valence-electron chi connectivity index (χ1n) is 12.4. The first kappa shape index (κ1) is 29.0. The van der Waals surface area contributed by atoms with Gasteiger partial charge >= 0.3 is 5.69 Å². The Hall–Kier alpha value is -4.60. The molecule has 1 atom stereocenters. The van der Waals surface area contributed by atoms with E-state index in [4.69, 9.17) is 14.2 Å². The lowest BCUT2D eigenvalue weighted by atomic mass is 10.0. The zero-order chi connectivity index (χ0) is 28.4. The van der Waals surface area contributed by atoms with Gasteiger partial charge in [0.25, 0.3) is 5.91 Å². The fourth-order valence-electron chi connectivity index (χ4n) is 4.03. The number of nitrogens with one attached hydrogen (secondary N) is 1. The summed E-state index contributed by atoms with van der Waals surface area (Å²) in [6.07, 6.45) is 0.292. The molecule has 0 aromatic heterocycles. The standard InChI is InChI=1S/C29H33N3O7/c1-20(2)30-29(34)26(16-21-9-6-5-7-10-21)31(18-22-11-8-12-23(15-22)37-3)28(33)19-39-24-13-14-25(32(35)36)27(17-24)38-4/h5-15,17,20,26H,16,18-19H2,1-4H3,(H,30,34)/t26-/m0/s1. The van der Waals surface area contributed by atoms with Gasteiger partial charge in [0.1, 0.15) is 17.5 Å². The molecule has 0 heterocycles. The molecule has 0 aliphatic heterocycles. The molecular formula is C29H33N3O7. The van der Waals surface area contributed by atoms with Crippen molar-refractivity contribution in [3.05, 3.63) is 94.0 Å². The van der Waals surface area contributed by atoms with Gasteiger partial charge in [-0.2, -0.15) is 0 Å². The molecule has 0 radical (unpaired) electrons. The van der Waals surface area contributed by atoms with Crippen molar-refractivity contribution in [2.24, 2.45) is 0 Å². The van der Waals surface area contributed by atoms with Crippen LogP contribution >= 0.6 is 0 Å². The zero-order valence-electron chi connectivity index (χ0n) is 22.5. The Morgan fingerprint density at radius 3 is 2.28 bits per heavy atom. The van der Waals surface area contributed by atoms with E-state index in [1.165, 1.54) is 30.2 Å². The molecule has 206 valence electrons. The Balaban J connectivity index is 1.93. The van der Waals surface area contributed by atoms with Crippen LogP contribution in [-0.2, 0) is 22.6 Å². The number of methoxy groups -OCH3 is 2. The molecule has 0 saturated carbocycles. The van der Waals surface area contributed by atoms with E-state index >= 15 is 0 Å². The summed E-state index contributed by atoms with van der Waals surface area (Å²) in [7, 11) is 2.87. The first-order valence-corrected chi connectivity index (χ1v) is 12.4. The van der Waals surface area contributed by atoms with Crippen LogP contribution in [0.4, 0.5) is 5.69 Å². The second kappa shape index (κ2) is 13.8. The summed E-state index contributed by atoms with van der Waals surface area (Å²) in [6.45, 7) is 3.45. The number of hydrogen-bond acceptors (Lipinski definition) is 7. The van der Waals surface area contributed by atoms with Gasteiger partial charge < -0.3 is 24.4 Å². The molecule has 2 amide bonds. The molecule has 0 fully saturated rings. The van der Waals surface area contributed by atoms with E-state index < -0.39 is 23.5 Å². The van der Waals surface area contributed by atoms with Crippen molar-refractivity contribution >= 4 is 17.5 Å². The van der Waals surface area contributed by atoms with Crippen LogP contribution in [0.3, 0.4) is 0 Å². The van der Waals surface area contributed by atoms with Crippen LogP contribution in [0.5, 0.6) is 17.2 Å². The number of rotatable bonds is 13. The maximum Gasteiger partial charge on any atom is 0.311 e. The number of hydrogen-bond donors (Lipinski definition) is 1. The highest BCUT2D eigenvalue weighted by atomic mass is 16.6. The molecular weight excluding hydrogens is 502 g/mol. The van der Waals surface area contributed by atoms with Crippen LogP contribution < -0.4 is 19.5 Å². The molecule has 0 bridgehead atoms. The summed E-state index contributed by atoms with van der Waals surface area (Å²) < 4.78 is 16.2. The van der Waals surface area contributed by atoms with E-state index in [1.807, 2.05) is 62.4 Å². The number of nitrogens with zero attached hydrogens (tertiary/aromatic N) is 2. The van der Waals surface area contributed by atoms with Crippen molar-refractivity contribution < 1.29 is 28.7 Å². The highest BCUT2D eigenvalue weighted by Gasteiger charge is 2.31. The summed E-state index contributed by atoms with van der Waals surface area (Å²) in [5.41, 5.74) is 1.45. The zero-order valence-corrected chi connectivity index (χ0v) is 22.5. The highest BCUT2D eigenvalue weighted by molar-refractivity contribution is 5.88. The number of carbonyl (C=O) groups excluding carboxylic acids is 2. The van der Waals surface area contributed by atoms with Gasteiger partial charge in [-0.3, -0.25) is 19.7 Å². The molecule has 3 aromatic rings. The topological polar surface area (TPSA) is 120 Å². The molecule has 1 N–H and O–H groups in total. The molecule has 10 nitrogen and oxygen atoms in total. The molecule has 0 saturated heterocycles. The van der Waals surface area contributed by atoms with Crippen molar-refractivity contribution in [2.75, 3.05) is 20.8 Å². The van der Waals surface area contributed by atoms with Crippen LogP contribution in [0.1, 0.15) is 25.0 Å². The number of amides is 2. The van der Waals surface area contributed by atoms with Gasteiger partial charge in [0.2, 0.25) is 11.7 Å². The summed E-state index contributed by atoms with van der Waals surface area (Å²) in [5, 5.41) is 14.1. The molecule has 0 aliphatic carbocycles. The average Bonchev–Trinajstić information content (AvgIpc) is 2.93. The van der Waals surface area contributed by atoms with Crippen molar-refractivity contribution in [2.45, 2.75) is 38.9 Å². The average molecular weight is 536 g/mol. The van der Waals surface area contributed by atoms with E-state index in [9.17, 15) is 19.7 Å². The van der Waals surface area contributed by atoms with Crippen LogP contribution in [0.25, 0.3) is 0 Å². The largest absolute Gasteiger partial charge is 0.497 e. The van der Waals surface area contributed by atoms with E-state index in [0.717, 1.165) is 11.1 Å². The minimum atomic E-state index is -0.830. The number of benzene rings is 3. The van der Waals surface area contributed by atoms with Crippen LogP contribution in [-0.4, -0.2) is 54.5 Å². The molecule has 3 rings (SSSR count).